The van der Waals surface area contributed by atoms with Crippen LogP contribution in [-0.2, 0) is 9.36 Å². The van der Waals surface area contributed by atoms with Crippen molar-refractivity contribution in [1.82, 2.24) is 5.32 Å². The van der Waals surface area contributed by atoms with E-state index in [4.69, 9.17) is 9.79 Å². The van der Waals surface area contributed by atoms with Crippen molar-refractivity contribution in [3.05, 3.63) is 12.2 Å². The molecule has 0 radical (unpaired) electrons. The first-order valence-corrected chi connectivity index (χ1v) is 5.96. The Morgan fingerprint density at radius 3 is 2.36 bits per heavy atom. The molecule has 0 rings (SSSR count). The van der Waals surface area contributed by atoms with E-state index in [9.17, 15) is 9.36 Å². The molecule has 0 aliphatic carbocycles. The molecule has 0 aromatic rings. The smallest absolute Gasteiger partial charge is 0.330 e. The fourth-order valence-corrected chi connectivity index (χ4v) is 1.67. The van der Waals surface area contributed by atoms with Crippen LogP contribution in [0.1, 0.15) is 20.3 Å². The number of carbonyl (C=O) groups is 1. The molecular weight excluding hydrogens is 205 g/mol. The van der Waals surface area contributed by atoms with E-state index in [1.165, 1.54) is 6.92 Å². The molecule has 0 aromatic carbocycles. The minimum absolute atomic E-state index is 0.0214. The van der Waals surface area contributed by atoms with E-state index >= 15 is 0 Å². The molecule has 0 aromatic heterocycles. The summed E-state index contributed by atoms with van der Waals surface area (Å²) in [5.41, 5.74) is -0.489. The van der Waals surface area contributed by atoms with Crippen molar-refractivity contribution < 1.29 is 19.1 Å². The minimum Gasteiger partial charge on any atom is -0.351 e. The monoisotopic (exact) mass is 221 g/mol. The van der Waals surface area contributed by atoms with Crippen LogP contribution in [0.25, 0.3) is 0 Å². The molecule has 0 spiro atoms. The molecule has 5 nitrogen and oxygen atoms in total. The molecule has 0 saturated carbocycles. The topological polar surface area (TPSA) is 86.6 Å². The molecule has 14 heavy (non-hydrogen) atoms. The van der Waals surface area contributed by atoms with Crippen molar-refractivity contribution in [2.24, 2.45) is 0 Å². The lowest BCUT2D eigenvalue weighted by Crippen LogP contribution is -2.32. The predicted octanol–water partition coefficient (Wildman–Crippen LogP) is 0.635. The molecule has 0 aliphatic rings. The van der Waals surface area contributed by atoms with Crippen LogP contribution in [0.5, 0.6) is 0 Å². The van der Waals surface area contributed by atoms with Gasteiger partial charge in [0.1, 0.15) is 0 Å². The number of hydrogen-bond donors (Lipinski definition) is 3. The summed E-state index contributed by atoms with van der Waals surface area (Å²) in [6.45, 7) is 6.59. The Hall–Kier alpha value is -0.640. The summed E-state index contributed by atoms with van der Waals surface area (Å²) in [6, 6.07) is 0. The Balaban J connectivity index is 4.17. The second kappa shape index (κ2) is 5.29. The zero-order valence-electron chi connectivity index (χ0n) is 8.36. The van der Waals surface area contributed by atoms with Gasteiger partial charge in [-0.3, -0.25) is 9.36 Å². The fraction of sp³-hybridized carbons (Fsp3) is 0.625. The van der Waals surface area contributed by atoms with Gasteiger partial charge in [0.2, 0.25) is 5.91 Å². The van der Waals surface area contributed by atoms with Crippen LogP contribution in [0.2, 0.25) is 0 Å². The lowest BCUT2D eigenvalue weighted by molar-refractivity contribution is -0.117. The van der Waals surface area contributed by atoms with E-state index in [2.05, 4.69) is 11.9 Å². The highest BCUT2D eigenvalue weighted by Gasteiger charge is 2.27. The van der Waals surface area contributed by atoms with Gasteiger partial charge < -0.3 is 15.1 Å². The molecule has 0 aliphatic heterocycles. The summed E-state index contributed by atoms with van der Waals surface area (Å²) in [6.07, 6.45) is 0.320. The molecule has 0 saturated heterocycles. The molecule has 1 amide bonds. The maximum Gasteiger partial charge on any atom is 0.330 e. The summed E-state index contributed by atoms with van der Waals surface area (Å²) in [5.74, 6) is -0.378. The summed E-state index contributed by atoms with van der Waals surface area (Å²) in [4.78, 5) is 28.8. The van der Waals surface area contributed by atoms with Gasteiger partial charge in [-0.15, -0.1) is 0 Å². The standard InChI is InChI=1S/C8H16NO4P/c1-4-7(14(11,12)13)5-9-8(10)6(2)3/h7H,2,4-5H2,1,3H3,(H,9,10)(H2,11,12,13). The molecule has 82 valence electrons. The van der Waals surface area contributed by atoms with Crippen LogP contribution < -0.4 is 5.32 Å². The SMILES string of the molecule is C=C(C)C(=O)NCC(CC)P(=O)(O)O. The summed E-state index contributed by atoms with van der Waals surface area (Å²) in [7, 11) is -4.11. The third-order valence-electron chi connectivity index (χ3n) is 1.83. The van der Waals surface area contributed by atoms with E-state index in [1.54, 1.807) is 6.92 Å². The average Bonchev–Trinajstić information content (AvgIpc) is 2.02. The van der Waals surface area contributed by atoms with Gasteiger partial charge in [-0.05, 0) is 13.3 Å². The van der Waals surface area contributed by atoms with Gasteiger partial charge in [0.05, 0.1) is 5.66 Å². The Morgan fingerprint density at radius 2 is 2.07 bits per heavy atom. The van der Waals surface area contributed by atoms with Crippen molar-refractivity contribution in [3.63, 3.8) is 0 Å². The second-order valence-electron chi connectivity index (χ2n) is 3.14. The highest BCUT2D eigenvalue weighted by atomic mass is 31.2. The number of carbonyl (C=O) groups excluding carboxylic acids is 1. The number of nitrogens with one attached hydrogen (secondary N) is 1. The average molecular weight is 221 g/mol. The van der Waals surface area contributed by atoms with Crippen LogP contribution in [-0.4, -0.2) is 27.9 Å². The predicted molar refractivity (Wildman–Crippen MR) is 53.9 cm³/mol. The molecule has 1 unspecified atom stereocenters. The third kappa shape index (κ3) is 4.56. The summed E-state index contributed by atoms with van der Waals surface area (Å²) in [5, 5.41) is 2.41. The Labute approximate surface area is 83.4 Å². The Kier molecular flexibility index (Phi) is 5.05. The number of rotatable bonds is 5. The van der Waals surface area contributed by atoms with Crippen molar-refractivity contribution in [3.8, 4) is 0 Å². The van der Waals surface area contributed by atoms with E-state index in [1.807, 2.05) is 0 Å². The van der Waals surface area contributed by atoms with Crippen LogP contribution in [0.3, 0.4) is 0 Å². The van der Waals surface area contributed by atoms with Crippen LogP contribution in [0, 0.1) is 0 Å². The Morgan fingerprint density at radius 1 is 1.57 bits per heavy atom. The van der Waals surface area contributed by atoms with Gasteiger partial charge in [0, 0.05) is 12.1 Å². The maximum absolute atomic E-state index is 11.0. The van der Waals surface area contributed by atoms with Gasteiger partial charge in [-0.1, -0.05) is 13.5 Å². The quantitative estimate of drug-likeness (QED) is 0.469. The Bertz CT molecular complexity index is 271. The molecule has 6 heteroatoms. The number of amides is 1. The van der Waals surface area contributed by atoms with Crippen LogP contribution in [0.15, 0.2) is 12.2 Å². The molecule has 1 atom stereocenters. The summed E-state index contributed by atoms with van der Waals surface area (Å²) >= 11 is 0. The zero-order valence-corrected chi connectivity index (χ0v) is 9.25. The van der Waals surface area contributed by atoms with Gasteiger partial charge in [0.15, 0.2) is 0 Å². The van der Waals surface area contributed by atoms with Crippen LogP contribution >= 0.6 is 7.60 Å². The normalized spacial score (nSPS) is 13.4. The highest BCUT2D eigenvalue weighted by molar-refractivity contribution is 7.52. The first-order valence-electron chi connectivity index (χ1n) is 4.28. The lowest BCUT2D eigenvalue weighted by Gasteiger charge is -2.16. The summed E-state index contributed by atoms with van der Waals surface area (Å²) < 4.78 is 10.9. The van der Waals surface area contributed by atoms with Gasteiger partial charge in [-0.25, -0.2) is 0 Å². The van der Waals surface area contributed by atoms with E-state index in [-0.39, 0.29) is 12.5 Å². The highest BCUT2D eigenvalue weighted by Crippen LogP contribution is 2.42. The van der Waals surface area contributed by atoms with Crippen LogP contribution in [0.4, 0.5) is 0 Å². The zero-order chi connectivity index (χ0) is 11.4. The molecule has 0 fully saturated rings. The van der Waals surface area contributed by atoms with Gasteiger partial charge in [0.25, 0.3) is 0 Å². The first kappa shape index (κ1) is 13.4. The second-order valence-corrected chi connectivity index (χ2v) is 5.05. The fourth-order valence-electron chi connectivity index (χ4n) is 0.862. The largest absolute Gasteiger partial charge is 0.351 e. The van der Waals surface area contributed by atoms with E-state index in [0.717, 1.165) is 0 Å². The molecule has 0 heterocycles. The molecular formula is C8H16NO4P. The third-order valence-corrected chi connectivity index (χ3v) is 3.33. The van der Waals surface area contributed by atoms with Crippen molar-refractivity contribution >= 4 is 13.5 Å². The van der Waals surface area contributed by atoms with Gasteiger partial charge in [-0.2, -0.15) is 0 Å². The molecule has 3 N–H and O–H groups in total. The minimum atomic E-state index is -4.11. The number of hydrogen-bond acceptors (Lipinski definition) is 2. The van der Waals surface area contributed by atoms with Crippen molar-refractivity contribution in [2.75, 3.05) is 6.54 Å². The van der Waals surface area contributed by atoms with E-state index in [0.29, 0.717) is 12.0 Å². The lowest BCUT2D eigenvalue weighted by atomic mass is 10.3. The maximum atomic E-state index is 11.0. The first-order chi connectivity index (χ1) is 6.29. The van der Waals surface area contributed by atoms with E-state index < -0.39 is 13.3 Å². The molecule has 0 bridgehead atoms. The van der Waals surface area contributed by atoms with Crippen molar-refractivity contribution in [2.45, 2.75) is 25.9 Å². The van der Waals surface area contributed by atoms with Gasteiger partial charge >= 0.3 is 7.60 Å². The van der Waals surface area contributed by atoms with Crippen molar-refractivity contribution in [1.29, 1.82) is 0 Å².